The van der Waals surface area contributed by atoms with Crippen LogP contribution in [0.2, 0.25) is 0 Å². The number of fused-ring (bicyclic) bond motifs is 2. The van der Waals surface area contributed by atoms with Gasteiger partial charge in [-0.3, -0.25) is 34.8 Å². The van der Waals surface area contributed by atoms with E-state index in [1.54, 1.807) is 24.3 Å². The maximum Gasteiger partial charge on any atom is 0.229 e. The lowest BCUT2D eigenvalue weighted by Crippen LogP contribution is -2.58. The van der Waals surface area contributed by atoms with Crippen molar-refractivity contribution in [2.75, 3.05) is 133 Å². The van der Waals surface area contributed by atoms with Crippen molar-refractivity contribution in [1.82, 2.24) is 50.1 Å². The van der Waals surface area contributed by atoms with Gasteiger partial charge in [0, 0.05) is 79.7 Å². The second-order valence-electron chi connectivity index (χ2n) is 22.5. The van der Waals surface area contributed by atoms with Crippen LogP contribution >= 0.6 is 0 Å². The van der Waals surface area contributed by atoms with Crippen LogP contribution in [-0.2, 0) is 9.59 Å². The summed E-state index contributed by atoms with van der Waals surface area (Å²) in [6.45, 7) is 36.2. The molecule has 83 heavy (non-hydrogen) atoms. The third-order valence-electron chi connectivity index (χ3n) is 17.5. The summed E-state index contributed by atoms with van der Waals surface area (Å²) in [6, 6.07) is 2.83. The van der Waals surface area contributed by atoms with E-state index >= 15 is 19.2 Å². The summed E-state index contributed by atoms with van der Waals surface area (Å²) in [5.74, 6) is 0.377. The van der Waals surface area contributed by atoms with Gasteiger partial charge in [-0.2, -0.15) is 15.0 Å². The lowest BCUT2D eigenvalue weighted by molar-refractivity contribution is -0.126. The van der Waals surface area contributed by atoms with Gasteiger partial charge in [-0.15, -0.1) is 0 Å². The van der Waals surface area contributed by atoms with Gasteiger partial charge in [0.15, 0.2) is 29.4 Å². The molecule has 5 unspecified atom stereocenters. The summed E-state index contributed by atoms with van der Waals surface area (Å²) < 4.78 is 0. The Morgan fingerprint density at radius 3 is 2.05 bits per heavy atom. The largest absolute Gasteiger partial charge is 0.354 e. The van der Waals surface area contributed by atoms with Gasteiger partial charge in [-0.25, -0.2) is 4.99 Å². The molecule has 20 nitrogen and oxygen atoms in total. The number of carbonyl (C=O) groups is 4. The number of Topliss-reactive ketones (excluding diaryl/α,β-unsaturated/α-hetero) is 4. The molecule has 6 N–H and O–H groups in total. The minimum Gasteiger partial charge on any atom is -0.354 e. The van der Waals surface area contributed by atoms with Gasteiger partial charge >= 0.3 is 0 Å². The fraction of sp³-hybridized carbons (Fsp3) is 0.571. The number of nitrogens with zero attached hydrogens (tertiary/aromatic N) is 10. The number of anilines is 4. The SMILES string of the molecule is CCN(CC)CCCNc1nc(NCCN(CC)CC)nc(NC2C3=C(C(=O)C4=CC=CCC4(C)C3=O)C(c3ccc(NC4=NC(NCCN(CC)CC)N(C)C(=NCCN(CC)CC)N4)c4c3C(=O)C3=C(CC(C)C=C3)C4=O)=CC2C)n1. The first-order chi connectivity index (χ1) is 40.1. The number of likely N-dealkylation sites (N-methyl/N-ethyl adjacent to an activating group) is 3. The topological polar surface area (TPSA) is 220 Å². The maximum absolute atomic E-state index is 15.7. The van der Waals surface area contributed by atoms with Crippen LogP contribution in [-0.4, -0.2) is 199 Å². The fourth-order valence-corrected chi connectivity index (χ4v) is 12.1. The number of rotatable bonds is 28. The van der Waals surface area contributed by atoms with Crippen molar-refractivity contribution < 1.29 is 19.2 Å². The number of hydrogen-bond acceptors (Lipinski definition) is 18. The summed E-state index contributed by atoms with van der Waals surface area (Å²) in [5.41, 5.74) is 2.00. The van der Waals surface area contributed by atoms with Gasteiger partial charge in [-0.1, -0.05) is 112 Å². The van der Waals surface area contributed by atoms with E-state index in [4.69, 9.17) is 24.9 Å². The van der Waals surface area contributed by atoms with Crippen LogP contribution in [0.1, 0.15) is 122 Å². The predicted molar refractivity (Wildman–Crippen MR) is 335 cm³/mol. The van der Waals surface area contributed by atoms with Gasteiger partial charge in [0.1, 0.15) is 0 Å². The highest BCUT2D eigenvalue weighted by molar-refractivity contribution is 6.35. The molecule has 0 saturated heterocycles. The van der Waals surface area contributed by atoms with Crippen molar-refractivity contribution in [3.63, 3.8) is 0 Å². The molecule has 6 aliphatic rings. The summed E-state index contributed by atoms with van der Waals surface area (Å²) in [4.78, 5) is 98.2. The van der Waals surface area contributed by atoms with Crippen LogP contribution in [0.25, 0.3) is 5.57 Å². The second-order valence-corrected chi connectivity index (χ2v) is 22.5. The van der Waals surface area contributed by atoms with Crippen molar-refractivity contribution in [1.29, 1.82) is 0 Å². The highest BCUT2D eigenvalue weighted by Gasteiger charge is 2.53. The first-order valence-corrected chi connectivity index (χ1v) is 30.7. The predicted octanol–water partition coefficient (Wildman–Crippen LogP) is 7.11. The second kappa shape index (κ2) is 28.2. The standard InChI is InChI=1S/C63H92N16O4/c1-13-76(14-2)34-23-30-64-57-70-58(65-31-35-77(15-3)16-4)72-60(71-57)69-52-41(10)39-44(49-51(52)56(83)63(11)29-22-21-24-46(63)55(49)82)42-27-28-47(50-48(42)53(80)43-26-25-40(9)38-45(43)54(50)81)68-59-73-61(66-32-36-78(17-5)18-6)75(12)62(74-59)67-33-37-79(19-7)20-8/h21-22,24-28,39-41,52,61,66H,13-20,23,29-38H2,1-12H3,(H2,67,68,73,74)(H3,64,65,69,70,71,72). The van der Waals surface area contributed by atoms with Gasteiger partial charge in [0.2, 0.25) is 29.8 Å². The first-order valence-electron chi connectivity index (χ1n) is 30.7. The van der Waals surface area contributed by atoms with Crippen molar-refractivity contribution in [3.05, 3.63) is 93.1 Å². The molecule has 1 aromatic carbocycles. The van der Waals surface area contributed by atoms with Crippen LogP contribution in [0.3, 0.4) is 0 Å². The molecule has 0 bridgehead atoms. The Morgan fingerprint density at radius 2 is 1.37 bits per heavy atom. The van der Waals surface area contributed by atoms with Crippen LogP contribution in [0.15, 0.2) is 86.4 Å². The average molecular weight is 1140 g/mol. The third kappa shape index (κ3) is 13.6. The minimum absolute atomic E-state index is 0.0232. The zero-order valence-electron chi connectivity index (χ0n) is 51.5. The van der Waals surface area contributed by atoms with E-state index < -0.39 is 23.7 Å². The Morgan fingerprint density at radius 1 is 0.747 bits per heavy atom. The number of hydrogen-bond donors (Lipinski definition) is 6. The number of carbonyl (C=O) groups excluding carboxylic acids is 4. The molecule has 0 saturated carbocycles. The monoisotopic (exact) mass is 1140 g/mol. The number of nitrogens with one attached hydrogen (secondary N) is 6. The Balaban J connectivity index is 1.23. The van der Waals surface area contributed by atoms with Crippen LogP contribution in [0.5, 0.6) is 0 Å². The molecule has 20 heteroatoms. The molecule has 5 atom stereocenters. The average Bonchev–Trinajstić information content (AvgIpc) is 1.67. The van der Waals surface area contributed by atoms with Crippen molar-refractivity contribution in [2.45, 2.75) is 108 Å². The fourth-order valence-electron chi connectivity index (χ4n) is 12.1. The summed E-state index contributed by atoms with van der Waals surface area (Å²) in [6.07, 6.45) is 12.3. The molecule has 5 aliphatic carbocycles. The molecule has 0 fully saturated rings. The van der Waals surface area contributed by atoms with Gasteiger partial charge in [-0.05, 0) is 114 Å². The van der Waals surface area contributed by atoms with E-state index in [9.17, 15) is 0 Å². The molecule has 448 valence electrons. The summed E-state index contributed by atoms with van der Waals surface area (Å²) in [7, 11) is 1.95. The van der Waals surface area contributed by atoms with Gasteiger partial charge in [0.05, 0.1) is 29.3 Å². The number of aliphatic imine (C=N–C) groups is 2. The first kappa shape index (κ1) is 62.3. The quantitative estimate of drug-likeness (QED) is 0.0468. The number of guanidine groups is 2. The smallest absolute Gasteiger partial charge is 0.229 e. The molecule has 8 rings (SSSR count). The molecule has 0 spiro atoms. The Kier molecular flexibility index (Phi) is 21.2. The zero-order chi connectivity index (χ0) is 59.5. The van der Waals surface area contributed by atoms with Crippen LogP contribution in [0, 0.1) is 17.3 Å². The van der Waals surface area contributed by atoms with Crippen LogP contribution in [0.4, 0.5) is 23.5 Å². The van der Waals surface area contributed by atoms with Gasteiger partial charge in [0.25, 0.3) is 0 Å². The van der Waals surface area contributed by atoms with E-state index in [1.807, 2.05) is 57.0 Å². The number of ketones is 4. The maximum atomic E-state index is 15.7. The summed E-state index contributed by atoms with van der Waals surface area (Å²) in [5, 5.41) is 20.9. The Bertz CT molecular complexity index is 2990. The minimum atomic E-state index is -1.16. The van der Waals surface area contributed by atoms with E-state index in [1.165, 1.54) is 0 Å². The number of aromatic nitrogens is 3. The summed E-state index contributed by atoms with van der Waals surface area (Å²) >= 11 is 0. The number of allylic oxidation sites excluding steroid dienone is 10. The van der Waals surface area contributed by atoms with Crippen LogP contribution < -0.4 is 31.9 Å². The van der Waals surface area contributed by atoms with Gasteiger partial charge < -0.3 is 45.8 Å². The lowest BCUT2D eigenvalue weighted by Gasteiger charge is -2.43. The van der Waals surface area contributed by atoms with E-state index in [-0.39, 0.29) is 57.3 Å². The normalized spacial score (nSPS) is 22.7. The molecule has 0 amide bonds. The molecule has 2 aromatic rings. The zero-order valence-corrected chi connectivity index (χ0v) is 51.5. The van der Waals surface area contributed by atoms with E-state index in [0.717, 1.165) is 85.0 Å². The molecule has 2 heterocycles. The Labute approximate surface area is 492 Å². The van der Waals surface area contributed by atoms with Crippen molar-refractivity contribution in [2.24, 2.45) is 27.2 Å². The molecule has 0 radical (unpaired) electrons. The van der Waals surface area contributed by atoms with E-state index in [2.05, 4.69) is 107 Å². The molecular weight excluding hydrogens is 1040 g/mol. The highest BCUT2D eigenvalue weighted by Crippen LogP contribution is 2.52. The van der Waals surface area contributed by atoms with Crippen molar-refractivity contribution in [3.8, 4) is 0 Å². The highest BCUT2D eigenvalue weighted by atomic mass is 16.1. The lowest BCUT2D eigenvalue weighted by atomic mass is 9.59. The number of benzene rings is 1. The third-order valence-corrected chi connectivity index (χ3v) is 17.5. The van der Waals surface area contributed by atoms with Crippen molar-refractivity contribution >= 4 is 64.2 Å². The molecule has 1 aliphatic heterocycles. The molecular formula is C63H92N16O4. The Hall–Kier alpha value is -6.71. The van der Waals surface area contributed by atoms with E-state index in [0.29, 0.717) is 96.4 Å². The molecule has 1 aromatic heterocycles.